The van der Waals surface area contributed by atoms with Gasteiger partial charge in [0.05, 0.1) is 17.2 Å². The zero-order valence-corrected chi connectivity index (χ0v) is 27.7. The third-order valence-corrected chi connectivity index (χ3v) is 10.2. The number of hydrogen-bond donors (Lipinski definition) is 1. The van der Waals surface area contributed by atoms with Crippen LogP contribution in [0.5, 0.6) is 5.75 Å². The molecule has 1 fully saturated rings. The van der Waals surface area contributed by atoms with Gasteiger partial charge in [-0.15, -0.1) is 0 Å². The highest BCUT2D eigenvalue weighted by Crippen LogP contribution is 2.33. The average Bonchev–Trinajstić information content (AvgIpc) is 3.00. The summed E-state index contributed by atoms with van der Waals surface area (Å²) < 4.78 is 35.0. The lowest BCUT2D eigenvalue weighted by Crippen LogP contribution is -2.53. The van der Waals surface area contributed by atoms with Crippen LogP contribution in [0, 0.1) is 0 Å². The molecule has 0 heterocycles. The number of halogens is 3. The van der Waals surface area contributed by atoms with Crippen molar-refractivity contribution in [3.05, 3.63) is 87.4 Å². The first kappa shape index (κ1) is 33.9. The van der Waals surface area contributed by atoms with Gasteiger partial charge in [-0.05, 0) is 80.8 Å². The molecule has 1 saturated carbocycles. The van der Waals surface area contributed by atoms with Gasteiger partial charge in [-0.3, -0.25) is 13.9 Å². The molecule has 1 N–H and O–H groups in total. The standard InChI is InChI=1S/C32H36Cl3N3O5S/c1-3-43-30-12-8-7-11-29(30)38(44(41,42)27-17-15-24(33)16-18-27)21-31(39)37(20-23-13-14-25(34)19-28(23)35)22(2)32(40)36-26-9-5-4-6-10-26/h7-8,11-19,22,26H,3-6,9-10,20-21H2,1-2H3,(H,36,40)/t22-/m1/s1. The molecule has 1 atom stereocenters. The molecule has 0 aromatic heterocycles. The number of hydrogen-bond acceptors (Lipinski definition) is 5. The van der Waals surface area contributed by atoms with Crippen LogP contribution in [-0.4, -0.2) is 50.4 Å². The number of carbonyl (C=O) groups is 2. The van der Waals surface area contributed by atoms with Gasteiger partial charge in [0.25, 0.3) is 10.0 Å². The highest BCUT2D eigenvalue weighted by atomic mass is 35.5. The maximum atomic E-state index is 14.3. The van der Waals surface area contributed by atoms with Crippen LogP contribution >= 0.6 is 34.8 Å². The van der Waals surface area contributed by atoms with Gasteiger partial charge < -0.3 is 15.0 Å². The molecule has 44 heavy (non-hydrogen) atoms. The molecule has 0 bridgehead atoms. The van der Waals surface area contributed by atoms with Crippen LogP contribution in [-0.2, 0) is 26.2 Å². The Morgan fingerprint density at radius 3 is 2.27 bits per heavy atom. The number of benzene rings is 3. The molecule has 236 valence electrons. The summed E-state index contributed by atoms with van der Waals surface area (Å²) in [5.41, 5.74) is 0.741. The van der Waals surface area contributed by atoms with Gasteiger partial charge in [0.1, 0.15) is 18.3 Å². The second kappa shape index (κ2) is 15.3. The third-order valence-electron chi connectivity index (χ3n) is 7.59. The summed E-state index contributed by atoms with van der Waals surface area (Å²) >= 11 is 18.6. The number of nitrogens with zero attached hydrogens (tertiary/aromatic N) is 2. The fourth-order valence-electron chi connectivity index (χ4n) is 5.17. The fourth-order valence-corrected chi connectivity index (χ4v) is 7.19. The summed E-state index contributed by atoms with van der Waals surface area (Å²) in [4.78, 5) is 29.1. The average molecular weight is 681 g/mol. The van der Waals surface area contributed by atoms with E-state index in [4.69, 9.17) is 39.5 Å². The summed E-state index contributed by atoms with van der Waals surface area (Å²) in [5, 5.41) is 4.20. The van der Waals surface area contributed by atoms with Crippen LogP contribution < -0.4 is 14.4 Å². The molecule has 0 saturated heterocycles. The number of ether oxygens (including phenoxy) is 1. The van der Waals surface area contributed by atoms with Gasteiger partial charge in [0.2, 0.25) is 11.8 Å². The zero-order chi connectivity index (χ0) is 31.9. The van der Waals surface area contributed by atoms with E-state index in [-0.39, 0.29) is 41.4 Å². The molecule has 4 rings (SSSR count). The minimum absolute atomic E-state index is 0.0228. The Kier molecular flexibility index (Phi) is 11.8. The topological polar surface area (TPSA) is 96.0 Å². The van der Waals surface area contributed by atoms with Gasteiger partial charge in [-0.1, -0.05) is 72.3 Å². The molecule has 1 aliphatic carbocycles. The van der Waals surface area contributed by atoms with Gasteiger partial charge in [0.15, 0.2) is 0 Å². The molecule has 8 nitrogen and oxygen atoms in total. The summed E-state index contributed by atoms with van der Waals surface area (Å²) in [5.74, 6) is -0.640. The second-order valence-electron chi connectivity index (χ2n) is 10.6. The molecule has 3 aromatic carbocycles. The van der Waals surface area contributed by atoms with E-state index in [2.05, 4.69) is 5.32 Å². The van der Waals surface area contributed by atoms with Crippen LogP contribution in [0.2, 0.25) is 15.1 Å². The Hall–Kier alpha value is -2.98. The first-order valence-electron chi connectivity index (χ1n) is 14.5. The number of carbonyl (C=O) groups excluding carboxylic acids is 2. The van der Waals surface area contributed by atoms with Gasteiger partial charge >= 0.3 is 0 Å². The third kappa shape index (κ3) is 8.38. The van der Waals surface area contributed by atoms with Crippen molar-refractivity contribution in [3.63, 3.8) is 0 Å². The molecule has 0 radical (unpaired) electrons. The van der Waals surface area contributed by atoms with E-state index in [9.17, 15) is 18.0 Å². The lowest BCUT2D eigenvalue weighted by atomic mass is 9.95. The Balaban J connectivity index is 1.73. The van der Waals surface area contributed by atoms with Crippen molar-refractivity contribution in [1.29, 1.82) is 0 Å². The van der Waals surface area contributed by atoms with Crippen molar-refractivity contribution >= 4 is 62.3 Å². The second-order valence-corrected chi connectivity index (χ2v) is 13.8. The zero-order valence-electron chi connectivity index (χ0n) is 24.6. The number of rotatable bonds is 12. The molecule has 0 unspecified atom stereocenters. The molecule has 1 aliphatic rings. The molecule has 12 heteroatoms. The Morgan fingerprint density at radius 2 is 1.61 bits per heavy atom. The van der Waals surface area contributed by atoms with Crippen molar-refractivity contribution in [2.24, 2.45) is 0 Å². The van der Waals surface area contributed by atoms with Crippen molar-refractivity contribution in [1.82, 2.24) is 10.2 Å². The molecule has 3 aromatic rings. The monoisotopic (exact) mass is 679 g/mol. The highest BCUT2D eigenvalue weighted by molar-refractivity contribution is 7.92. The normalized spacial score (nSPS) is 14.5. The van der Waals surface area contributed by atoms with Crippen molar-refractivity contribution in [2.75, 3.05) is 17.5 Å². The largest absolute Gasteiger partial charge is 0.492 e. The van der Waals surface area contributed by atoms with E-state index < -0.39 is 28.5 Å². The van der Waals surface area contributed by atoms with Crippen LogP contribution in [0.4, 0.5) is 5.69 Å². The lowest BCUT2D eigenvalue weighted by molar-refractivity contribution is -0.139. The van der Waals surface area contributed by atoms with E-state index in [1.54, 1.807) is 56.3 Å². The molecular formula is C32H36Cl3N3O5S. The van der Waals surface area contributed by atoms with Crippen LogP contribution in [0.3, 0.4) is 0 Å². The van der Waals surface area contributed by atoms with Gasteiger partial charge in [-0.2, -0.15) is 0 Å². The van der Waals surface area contributed by atoms with E-state index in [0.717, 1.165) is 36.4 Å². The molecule has 0 aliphatic heterocycles. The maximum Gasteiger partial charge on any atom is 0.264 e. The van der Waals surface area contributed by atoms with Crippen molar-refractivity contribution in [2.45, 2.75) is 69.5 Å². The summed E-state index contributed by atoms with van der Waals surface area (Å²) in [7, 11) is -4.29. The SMILES string of the molecule is CCOc1ccccc1N(CC(=O)N(Cc1ccc(Cl)cc1Cl)[C@H](C)C(=O)NC1CCCCC1)S(=O)(=O)c1ccc(Cl)cc1. The Bertz CT molecular complexity index is 1560. The van der Waals surface area contributed by atoms with Crippen LogP contribution in [0.25, 0.3) is 0 Å². The number of para-hydroxylation sites is 2. The van der Waals surface area contributed by atoms with E-state index in [0.29, 0.717) is 20.6 Å². The molecular weight excluding hydrogens is 645 g/mol. The Labute approximate surface area is 274 Å². The predicted octanol–water partition coefficient (Wildman–Crippen LogP) is 7.11. The minimum Gasteiger partial charge on any atom is -0.492 e. The smallest absolute Gasteiger partial charge is 0.264 e. The fraction of sp³-hybridized carbons (Fsp3) is 0.375. The quantitative estimate of drug-likeness (QED) is 0.220. The van der Waals surface area contributed by atoms with Gasteiger partial charge in [0, 0.05) is 27.7 Å². The number of sulfonamides is 1. The number of anilines is 1. The van der Waals surface area contributed by atoms with Crippen molar-refractivity contribution < 1.29 is 22.7 Å². The Morgan fingerprint density at radius 1 is 0.955 bits per heavy atom. The van der Waals surface area contributed by atoms with Crippen LogP contribution in [0.1, 0.15) is 51.5 Å². The minimum atomic E-state index is -4.29. The van der Waals surface area contributed by atoms with Gasteiger partial charge in [-0.25, -0.2) is 8.42 Å². The first-order chi connectivity index (χ1) is 21.0. The maximum absolute atomic E-state index is 14.3. The first-order valence-corrected chi connectivity index (χ1v) is 17.1. The molecule has 0 spiro atoms. The lowest BCUT2D eigenvalue weighted by Gasteiger charge is -2.33. The van der Waals surface area contributed by atoms with Crippen LogP contribution in [0.15, 0.2) is 71.6 Å². The predicted molar refractivity (Wildman–Crippen MR) is 175 cm³/mol. The summed E-state index contributed by atoms with van der Waals surface area (Å²) in [6.07, 6.45) is 4.93. The number of nitrogens with one attached hydrogen (secondary N) is 1. The van der Waals surface area contributed by atoms with Crippen molar-refractivity contribution in [3.8, 4) is 5.75 Å². The summed E-state index contributed by atoms with van der Waals surface area (Å²) in [6, 6.07) is 16.3. The van der Waals surface area contributed by atoms with E-state index in [1.165, 1.54) is 29.2 Å². The summed E-state index contributed by atoms with van der Waals surface area (Å²) in [6.45, 7) is 3.03. The molecule has 2 amide bonds. The van der Waals surface area contributed by atoms with E-state index in [1.807, 2.05) is 0 Å². The highest BCUT2D eigenvalue weighted by Gasteiger charge is 2.34. The number of amides is 2. The van der Waals surface area contributed by atoms with E-state index >= 15 is 0 Å².